The first-order chi connectivity index (χ1) is 12.0. The van der Waals surface area contributed by atoms with Gasteiger partial charge in [-0.25, -0.2) is 9.97 Å². The number of hydrogen-bond donors (Lipinski definition) is 2. The maximum atomic E-state index is 5.17. The summed E-state index contributed by atoms with van der Waals surface area (Å²) < 4.78 is 6.23. The number of anilines is 4. The van der Waals surface area contributed by atoms with E-state index in [1.807, 2.05) is 49.4 Å². The summed E-state index contributed by atoms with van der Waals surface area (Å²) in [4.78, 5) is 8.89. The van der Waals surface area contributed by atoms with Gasteiger partial charge >= 0.3 is 0 Å². The van der Waals surface area contributed by atoms with Crippen LogP contribution < -0.4 is 15.4 Å². The lowest BCUT2D eigenvalue weighted by Crippen LogP contribution is -2.01. The Kier molecular flexibility index (Phi) is 5.19. The zero-order valence-electron chi connectivity index (χ0n) is 14.3. The highest BCUT2D eigenvalue weighted by Gasteiger charge is 2.05. The molecule has 6 heteroatoms. The fraction of sp³-hybridized carbons (Fsp3) is 0.158. The number of aryl methyl sites for hydroxylation is 2. The molecule has 0 fully saturated rings. The van der Waals surface area contributed by atoms with Crippen LogP contribution in [0.2, 0.25) is 0 Å². The molecule has 0 spiro atoms. The first-order valence-corrected chi connectivity index (χ1v) is 8.63. The SMILES string of the molecule is COc1ccc(Nc2cc(Nc3ccc(C)c(Br)c3)nc(C)n2)cc1. The third-order valence-corrected chi connectivity index (χ3v) is 4.50. The standard InChI is InChI=1S/C19H19BrN4O/c1-12-4-5-15(10-17(12)20)24-19-11-18(21-13(2)22-19)23-14-6-8-16(25-3)9-7-14/h4-11H,1-3H3,(H2,21,22,23,24). The van der Waals surface area contributed by atoms with Crippen molar-refractivity contribution in [3.8, 4) is 5.75 Å². The molecule has 0 aliphatic carbocycles. The van der Waals surface area contributed by atoms with Crippen molar-refractivity contribution in [3.05, 3.63) is 64.4 Å². The van der Waals surface area contributed by atoms with Crippen molar-refractivity contribution in [2.75, 3.05) is 17.7 Å². The lowest BCUT2D eigenvalue weighted by molar-refractivity contribution is 0.415. The van der Waals surface area contributed by atoms with Crippen molar-refractivity contribution in [3.63, 3.8) is 0 Å². The minimum absolute atomic E-state index is 0.687. The fourth-order valence-electron chi connectivity index (χ4n) is 2.34. The molecule has 3 aromatic rings. The van der Waals surface area contributed by atoms with Gasteiger partial charge in [-0.05, 0) is 55.8 Å². The quantitative estimate of drug-likeness (QED) is 0.606. The Morgan fingerprint density at radius 2 is 1.44 bits per heavy atom. The molecule has 0 saturated carbocycles. The Labute approximate surface area is 155 Å². The Morgan fingerprint density at radius 3 is 2.04 bits per heavy atom. The summed E-state index contributed by atoms with van der Waals surface area (Å²) in [6, 6.07) is 15.7. The van der Waals surface area contributed by atoms with Crippen LogP contribution in [-0.4, -0.2) is 17.1 Å². The number of benzene rings is 2. The summed E-state index contributed by atoms with van der Waals surface area (Å²) in [5, 5.41) is 6.60. The highest BCUT2D eigenvalue weighted by Crippen LogP contribution is 2.25. The van der Waals surface area contributed by atoms with E-state index in [1.54, 1.807) is 7.11 Å². The van der Waals surface area contributed by atoms with Crippen LogP contribution >= 0.6 is 15.9 Å². The van der Waals surface area contributed by atoms with E-state index in [0.29, 0.717) is 5.82 Å². The third kappa shape index (κ3) is 4.48. The number of hydrogen-bond acceptors (Lipinski definition) is 5. The zero-order chi connectivity index (χ0) is 17.8. The molecule has 0 aliphatic heterocycles. The van der Waals surface area contributed by atoms with Crippen LogP contribution in [0.15, 0.2) is 53.0 Å². The summed E-state index contributed by atoms with van der Waals surface area (Å²) in [7, 11) is 1.65. The fourth-order valence-corrected chi connectivity index (χ4v) is 2.72. The number of aromatic nitrogens is 2. The molecule has 1 heterocycles. The van der Waals surface area contributed by atoms with Crippen LogP contribution in [0.25, 0.3) is 0 Å². The zero-order valence-corrected chi connectivity index (χ0v) is 15.9. The minimum Gasteiger partial charge on any atom is -0.497 e. The normalized spacial score (nSPS) is 10.4. The van der Waals surface area contributed by atoms with Crippen LogP contribution in [0.5, 0.6) is 5.75 Å². The van der Waals surface area contributed by atoms with Gasteiger partial charge in [-0.15, -0.1) is 0 Å². The van der Waals surface area contributed by atoms with Crippen molar-refractivity contribution in [1.82, 2.24) is 9.97 Å². The van der Waals surface area contributed by atoms with Crippen LogP contribution in [-0.2, 0) is 0 Å². The first kappa shape index (κ1) is 17.2. The molecule has 0 unspecified atom stereocenters. The van der Waals surface area contributed by atoms with E-state index in [2.05, 4.69) is 49.5 Å². The average Bonchev–Trinajstić information content (AvgIpc) is 2.58. The van der Waals surface area contributed by atoms with Crippen LogP contribution in [0.3, 0.4) is 0 Å². The number of ether oxygens (including phenoxy) is 1. The van der Waals surface area contributed by atoms with E-state index >= 15 is 0 Å². The predicted molar refractivity (Wildman–Crippen MR) is 105 cm³/mol. The molecule has 5 nitrogen and oxygen atoms in total. The minimum atomic E-state index is 0.687. The lowest BCUT2D eigenvalue weighted by atomic mass is 10.2. The molecule has 25 heavy (non-hydrogen) atoms. The average molecular weight is 399 g/mol. The second-order valence-electron chi connectivity index (χ2n) is 5.63. The Morgan fingerprint density at radius 1 is 0.840 bits per heavy atom. The Hall–Kier alpha value is -2.60. The monoisotopic (exact) mass is 398 g/mol. The van der Waals surface area contributed by atoms with E-state index in [4.69, 9.17) is 4.74 Å². The van der Waals surface area contributed by atoms with Gasteiger partial charge in [0.1, 0.15) is 23.2 Å². The van der Waals surface area contributed by atoms with E-state index in [0.717, 1.165) is 33.2 Å². The predicted octanol–water partition coefficient (Wildman–Crippen LogP) is 5.35. The molecule has 0 radical (unpaired) electrons. The van der Waals surface area contributed by atoms with Gasteiger partial charge in [0, 0.05) is 21.9 Å². The van der Waals surface area contributed by atoms with Gasteiger partial charge in [0.2, 0.25) is 0 Å². The smallest absolute Gasteiger partial charge is 0.136 e. The topological polar surface area (TPSA) is 59.1 Å². The number of nitrogens with one attached hydrogen (secondary N) is 2. The number of halogens is 1. The van der Waals surface area contributed by atoms with Crippen molar-refractivity contribution in [2.45, 2.75) is 13.8 Å². The van der Waals surface area contributed by atoms with E-state index in [1.165, 1.54) is 5.56 Å². The molecule has 0 bridgehead atoms. The highest BCUT2D eigenvalue weighted by molar-refractivity contribution is 9.10. The Balaban J connectivity index is 1.80. The van der Waals surface area contributed by atoms with Crippen LogP contribution in [0.4, 0.5) is 23.0 Å². The van der Waals surface area contributed by atoms with Gasteiger partial charge in [0.05, 0.1) is 7.11 Å². The number of methoxy groups -OCH3 is 1. The van der Waals surface area contributed by atoms with Crippen molar-refractivity contribution < 1.29 is 4.74 Å². The summed E-state index contributed by atoms with van der Waals surface area (Å²) in [6.07, 6.45) is 0. The second kappa shape index (κ2) is 7.53. The van der Waals surface area contributed by atoms with Crippen molar-refractivity contribution in [2.24, 2.45) is 0 Å². The third-order valence-electron chi connectivity index (χ3n) is 3.64. The van der Waals surface area contributed by atoms with Crippen LogP contribution in [0.1, 0.15) is 11.4 Å². The van der Waals surface area contributed by atoms with Gasteiger partial charge in [-0.1, -0.05) is 22.0 Å². The lowest BCUT2D eigenvalue weighted by Gasteiger charge is -2.11. The molecule has 3 rings (SSSR count). The highest BCUT2D eigenvalue weighted by atomic mass is 79.9. The number of rotatable bonds is 5. The second-order valence-corrected chi connectivity index (χ2v) is 6.48. The molecule has 0 atom stereocenters. The molecule has 1 aromatic heterocycles. The number of nitrogens with zero attached hydrogens (tertiary/aromatic N) is 2. The van der Waals surface area contributed by atoms with Gasteiger partial charge in [-0.2, -0.15) is 0 Å². The van der Waals surface area contributed by atoms with Crippen LogP contribution in [0, 0.1) is 13.8 Å². The van der Waals surface area contributed by atoms with Gasteiger partial charge in [0.25, 0.3) is 0 Å². The molecule has 2 aromatic carbocycles. The maximum absolute atomic E-state index is 5.17. The first-order valence-electron chi connectivity index (χ1n) is 7.83. The van der Waals surface area contributed by atoms with E-state index in [9.17, 15) is 0 Å². The molecular weight excluding hydrogens is 380 g/mol. The largest absolute Gasteiger partial charge is 0.497 e. The molecule has 0 aliphatic rings. The van der Waals surface area contributed by atoms with Crippen molar-refractivity contribution >= 4 is 38.9 Å². The molecular formula is C19H19BrN4O. The van der Waals surface area contributed by atoms with Gasteiger partial charge < -0.3 is 15.4 Å². The summed E-state index contributed by atoms with van der Waals surface area (Å²) in [5.74, 6) is 2.97. The molecule has 2 N–H and O–H groups in total. The summed E-state index contributed by atoms with van der Waals surface area (Å²) in [6.45, 7) is 3.93. The Bertz CT molecular complexity index is 881. The summed E-state index contributed by atoms with van der Waals surface area (Å²) >= 11 is 3.55. The van der Waals surface area contributed by atoms with Crippen molar-refractivity contribution in [1.29, 1.82) is 0 Å². The maximum Gasteiger partial charge on any atom is 0.136 e. The van der Waals surface area contributed by atoms with Gasteiger partial charge in [-0.3, -0.25) is 0 Å². The molecule has 128 valence electrons. The summed E-state index contributed by atoms with van der Waals surface area (Å²) in [5.41, 5.74) is 3.08. The van der Waals surface area contributed by atoms with Gasteiger partial charge in [0.15, 0.2) is 0 Å². The van der Waals surface area contributed by atoms with E-state index < -0.39 is 0 Å². The van der Waals surface area contributed by atoms with E-state index in [-0.39, 0.29) is 0 Å². The molecule has 0 amide bonds. The molecule has 0 saturated heterocycles.